The molecule has 0 bridgehead atoms. The second-order valence-corrected chi connectivity index (χ2v) is 6.43. The average molecular weight is 276 g/mol. The summed E-state index contributed by atoms with van der Waals surface area (Å²) >= 11 is 0. The molecule has 1 aromatic carbocycles. The van der Waals surface area contributed by atoms with Crippen molar-refractivity contribution in [3.8, 4) is 0 Å². The van der Waals surface area contributed by atoms with Gasteiger partial charge in [0.25, 0.3) is 0 Å². The Labute approximate surface area is 121 Å². The molecule has 1 fully saturated rings. The molecule has 0 aromatic heterocycles. The quantitative estimate of drug-likeness (QED) is 0.827. The molecule has 2 rings (SSSR count). The van der Waals surface area contributed by atoms with E-state index in [4.69, 9.17) is 9.84 Å². The van der Waals surface area contributed by atoms with E-state index in [9.17, 15) is 4.79 Å². The molecular formula is C17H24O3. The Morgan fingerprint density at radius 3 is 2.70 bits per heavy atom. The van der Waals surface area contributed by atoms with Crippen molar-refractivity contribution >= 4 is 5.97 Å². The standard InChI is InChI=1S/C17H24O3/c1-17(2,20-3)11-12-5-4-6-14(9-12)15(10-16(18)19)13-7-8-13/h4-6,9,13,15H,7-8,10-11H2,1-3H3,(H,18,19). The number of carboxylic acid groups (broad SMARTS) is 1. The van der Waals surface area contributed by atoms with Crippen LogP contribution in [0.5, 0.6) is 0 Å². The van der Waals surface area contributed by atoms with Crippen LogP contribution in [0.15, 0.2) is 24.3 Å². The molecule has 1 saturated carbocycles. The Kier molecular flexibility index (Phi) is 4.48. The number of rotatable bonds is 7. The van der Waals surface area contributed by atoms with Crippen LogP contribution in [0, 0.1) is 5.92 Å². The summed E-state index contributed by atoms with van der Waals surface area (Å²) in [5.74, 6) is 0.0133. The van der Waals surface area contributed by atoms with Crippen molar-refractivity contribution in [1.29, 1.82) is 0 Å². The monoisotopic (exact) mass is 276 g/mol. The van der Waals surface area contributed by atoms with Crippen LogP contribution in [0.3, 0.4) is 0 Å². The number of benzene rings is 1. The van der Waals surface area contributed by atoms with Crippen molar-refractivity contribution in [3.63, 3.8) is 0 Å². The average Bonchev–Trinajstić information content (AvgIpc) is 3.20. The van der Waals surface area contributed by atoms with E-state index in [0.29, 0.717) is 5.92 Å². The number of methoxy groups -OCH3 is 1. The first-order chi connectivity index (χ1) is 9.41. The zero-order valence-electron chi connectivity index (χ0n) is 12.6. The fourth-order valence-corrected chi connectivity index (χ4v) is 2.74. The van der Waals surface area contributed by atoms with Gasteiger partial charge in [-0.05, 0) is 49.7 Å². The van der Waals surface area contributed by atoms with E-state index in [-0.39, 0.29) is 17.9 Å². The summed E-state index contributed by atoms with van der Waals surface area (Å²) in [5.41, 5.74) is 2.19. The molecule has 0 saturated heterocycles. The fourth-order valence-electron chi connectivity index (χ4n) is 2.74. The third-order valence-electron chi connectivity index (χ3n) is 4.15. The van der Waals surface area contributed by atoms with E-state index in [2.05, 4.69) is 32.0 Å². The van der Waals surface area contributed by atoms with Crippen molar-refractivity contribution in [1.82, 2.24) is 0 Å². The minimum atomic E-state index is -0.704. The maximum Gasteiger partial charge on any atom is 0.303 e. The van der Waals surface area contributed by atoms with Gasteiger partial charge in [-0.3, -0.25) is 4.79 Å². The van der Waals surface area contributed by atoms with Crippen LogP contribution in [0.2, 0.25) is 0 Å². The molecule has 20 heavy (non-hydrogen) atoms. The lowest BCUT2D eigenvalue weighted by Crippen LogP contribution is -2.25. The second kappa shape index (κ2) is 5.96. The highest BCUT2D eigenvalue weighted by atomic mass is 16.5. The summed E-state index contributed by atoms with van der Waals surface area (Å²) in [6.45, 7) is 4.13. The first-order valence-corrected chi connectivity index (χ1v) is 7.27. The molecule has 0 heterocycles. The smallest absolute Gasteiger partial charge is 0.303 e. The molecule has 1 N–H and O–H groups in total. The second-order valence-electron chi connectivity index (χ2n) is 6.43. The molecule has 3 heteroatoms. The number of aliphatic carboxylic acids is 1. The SMILES string of the molecule is COC(C)(C)Cc1cccc(C(CC(=O)O)C2CC2)c1. The molecule has 0 aliphatic heterocycles. The predicted octanol–water partition coefficient (Wildman–Crippen LogP) is 3.62. The third kappa shape index (κ3) is 4.07. The molecule has 1 atom stereocenters. The molecule has 3 nitrogen and oxygen atoms in total. The molecule has 1 aromatic rings. The van der Waals surface area contributed by atoms with E-state index < -0.39 is 5.97 Å². The molecule has 1 aliphatic rings. The van der Waals surface area contributed by atoms with Gasteiger partial charge in [-0.25, -0.2) is 0 Å². The first kappa shape index (κ1) is 15.0. The molecule has 1 unspecified atom stereocenters. The zero-order chi connectivity index (χ0) is 14.8. The number of hydrogen-bond acceptors (Lipinski definition) is 2. The Bertz CT molecular complexity index is 475. The van der Waals surface area contributed by atoms with E-state index in [1.54, 1.807) is 7.11 Å². The molecule has 0 amide bonds. The number of carboxylic acids is 1. The maximum atomic E-state index is 11.1. The Morgan fingerprint density at radius 1 is 1.45 bits per heavy atom. The van der Waals surface area contributed by atoms with Crippen LogP contribution < -0.4 is 0 Å². The highest BCUT2D eigenvalue weighted by Gasteiger charge is 2.33. The van der Waals surface area contributed by atoms with Crippen molar-refractivity contribution in [2.45, 2.75) is 51.0 Å². The predicted molar refractivity (Wildman–Crippen MR) is 79.0 cm³/mol. The summed E-state index contributed by atoms with van der Waals surface area (Å²) in [6.07, 6.45) is 3.39. The van der Waals surface area contributed by atoms with E-state index in [0.717, 1.165) is 19.3 Å². The number of hydrogen-bond donors (Lipinski definition) is 1. The summed E-state index contributed by atoms with van der Waals surface area (Å²) in [4.78, 5) is 11.1. The van der Waals surface area contributed by atoms with Gasteiger partial charge in [0, 0.05) is 13.5 Å². The number of ether oxygens (including phenoxy) is 1. The summed E-state index contributed by atoms with van der Waals surface area (Å²) in [5, 5.41) is 9.10. The van der Waals surface area contributed by atoms with Crippen LogP contribution in [-0.2, 0) is 16.0 Å². The first-order valence-electron chi connectivity index (χ1n) is 7.27. The van der Waals surface area contributed by atoms with E-state index in [1.807, 2.05) is 6.07 Å². The van der Waals surface area contributed by atoms with Crippen LogP contribution >= 0.6 is 0 Å². The summed E-state index contributed by atoms with van der Waals surface area (Å²) in [6, 6.07) is 8.35. The normalized spacial score (nSPS) is 16.9. The highest BCUT2D eigenvalue weighted by molar-refractivity contribution is 5.68. The highest BCUT2D eigenvalue weighted by Crippen LogP contribution is 2.44. The van der Waals surface area contributed by atoms with Gasteiger partial charge in [0.1, 0.15) is 0 Å². The maximum absolute atomic E-state index is 11.1. The van der Waals surface area contributed by atoms with Gasteiger partial charge in [0.15, 0.2) is 0 Å². The van der Waals surface area contributed by atoms with Crippen molar-refractivity contribution < 1.29 is 14.6 Å². The van der Waals surface area contributed by atoms with E-state index >= 15 is 0 Å². The van der Waals surface area contributed by atoms with Crippen LogP contribution in [0.4, 0.5) is 0 Å². The van der Waals surface area contributed by atoms with Crippen LogP contribution in [-0.4, -0.2) is 23.8 Å². The molecule has 1 aliphatic carbocycles. The zero-order valence-corrected chi connectivity index (χ0v) is 12.6. The fraction of sp³-hybridized carbons (Fsp3) is 0.588. The molecule has 0 spiro atoms. The van der Waals surface area contributed by atoms with Crippen LogP contribution in [0.25, 0.3) is 0 Å². The van der Waals surface area contributed by atoms with Gasteiger partial charge < -0.3 is 9.84 Å². The lowest BCUT2D eigenvalue weighted by atomic mass is 9.88. The third-order valence-corrected chi connectivity index (χ3v) is 4.15. The van der Waals surface area contributed by atoms with E-state index in [1.165, 1.54) is 11.1 Å². The van der Waals surface area contributed by atoms with Crippen LogP contribution in [0.1, 0.15) is 50.2 Å². The lowest BCUT2D eigenvalue weighted by molar-refractivity contribution is -0.137. The van der Waals surface area contributed by atoms with Gasteiger partial charge in [-0.1, -0.05) is 24.3 Å². The Morgan fingerprint density at radius 2 is 2.15 bits per heavy atom. The summed E-state index contributed by atoms with van der Waals surface area (Å²) < 4.78 is 5.47. The van der Waals surface area contributed by atoms with Crippen molar-refractivity contribution in [3.05, 3.63) is 35.4 Å². The summed E-state index contributed by atoms with van der Waals surface area (Å²) in [7, 11) is 1.72. The van der Waals surface area contributed by atoms with Crippen molar-refractivity contribution in [2.75, 3.05) is 7.11 Å². The Hall–Kier alpha value is -1.35. The van der Waals surface area contributed by atoms with Crippen molar-refractivity contribution in [2.24, 2.45) is 5.92 Å². The van der Waals surface area contributed by atoms with Gasteiger partial charge in [0.2, 0.25) is 0 Å². The topological polar surface area (TPSA) is 46.5 Å². The lowest BCUT2D eigenvalue weighted by Gasteiger charge is -2.24. The largest absolute Gasteiger partial charge is 0.481 e. The minimum Gasteiger partial charge on any atom is -0.481 e. The minimum absolute atomic E-state index is 0.165. The molecule has 0 radical (unpaired) electrons. The van der Waals surface area contributed by atoms with Gasteiger partial charge >= 0.3 is 5.97 Å². The van der Waals surface area contributed by atoms with Gasteiger partial charge in [-0.2, -0.15) is 0 Å². The Balaban J connectivity index is 2.17. The van der Waals surface area contributed by atoms with Gasteiger partial charge in [0.05, 0.1) is 12.0 Å². The molecule has 110 valence electrons. The van der Waals surface area contributed by atoms with Gasteiger partial charge in [-0.15, -0.1) is 0 Å². The molecular weight excluding hydrogens is 252 g/mol. The number of carbonyl (C=O) groups is 1.